The summed E-state index contributed by atoms with van der Waals surface area (Å²) in [6, 6.07) is 8.60. The van der Waals surface area contributed by atoms with Gasteiger partial charge in [0.1, 0.15) is 5.54 Å². The number of carbonyl (C=O) groups excluding carboxylic acids is 1. The van der Waals surface area contributed by atoms with Gasteiger partial charge in [-0.2, -0.15) is 0 Å². The predicted octanol–water partition coefficient (Wildman–Crippen LogP) is 2.58. The first-order chi connectivity index (χ1) is 14.0. The molecule has 0 saturated carbocycles. The molecular weight excluding hydrogens is 362 g/mol. The molecule has 160 valence electrons. The number of hydrogen-bond acceptors (Lipinski definition) is 4. The van der Waals surface area contributed by atoms with E-state index in [9.17, 15) is 4.79 Å². The fraction of sp³-hybridized carbons (Fsp3) is 0.708. The number of amides is 1. The molecule has 0 spiro atoms. The van der Waals surface area contributed by atoms with Gasteiger partial charge in [0.25, 0.3) is 0 Å². The van der Waals surface area contributed by atoms with Crippen LogP contribution in [0.3, 0.4) is 0 Å². The maximum atomic E-state index is 13.9. The summed E-state index contributed by atoms with van der Waals surface area (Å²) >= 11 is 0. The molecule has 5 heteroatoms. The lowest BCUT2D eigenvalue weighted by Crippen LogP contribution is -2.64. The summed E-state index contributed by atoms with van der Waals surface area (Å²) in [6.45, 7) is 10.3. The van der Waals surface area contributed by atoms with E-state index in [0.29, 0.717) is 0 Å². The SMILES string of the molecule is C[C@@H]1CN(C2(C(=O)N(C)CCCN3CCCC3)Cc3ccccc3C2)C[C@H](C)O1. The zero-order chi connectivity index (χ0) is 20.4. The van der Waals surface area contributed by atoms with Crippen LogP contribution in [0.15, 0.2) is 24.3 Å². The largest absolute Gasteiger partial charge is 0.373 e. The second-order valence-electron chi connectivity index (χ2n) is 9.45. The number of carbonyl (C=O) groups is 1. The van der Waals surface area contributed by atoms with E-state index in [1.807, 2.05) is 11.9 Å². The lowest BCUT2D eigenvalue weighted by Gasteiger charge is -2.47. The molecule has 29 heavy (non-hydrogen) atoms. The second-order valence-corrected chi connectivity index (χ2v) is 9.45. The molecule has 5 nitrogen and oxygen atoms in total. The van der Waals surface area contributed by atoms with Crippen LogP contribution in [-0.4, -0.2) is 84.7 Å². The van der Waals surface area contributed by atoms with Crippen LogP contribution in [-0.2, 0) is 22.4 Å². The molecule has 1 aromatic rings. The molecule has 2 saturated heterocycles. The fourth-order valence-corrected chi connectivity index (χ4v) is 5.63. The number of morpholine rings is 1. The Kier molecular flexibility index (Phi) is 6.28. The van der Waals surface area contributed by atoms with Crippen LogP contribution in [0.4, 0.5) is 0 Å². The van der Waals surface area contributed by atoms with Crippen LogP contribution < -0.4 is 0 Å². The van der Waals surface area contributed by atoms with Crippen molar-refractivity contribution in [3.05, 3.63) is 35.4 Å². The first kappa shape index (κ1) is 20.8. The highest BCUT2D eigenvalue weighted by Gasteiger charge is 2.51. The van der Waals surface area contributed by atoms with Gasteiger partial charge in [0.05, 0.1) is 12.2 Å². The molecule has 0 N–H and O–H groups in total. The fourth-order valence-electron chi connectivity index (χ4n) is 5.63. The van der Waals surface area contributed by atoms with E-state index in [1.165, 1.54) is 37.1 Å². The molecule has 2 atom stereocenters. The van der Waals surface area contributed by atoms with Crippen molar-refractivity contribution in [1.29, 1.82) is 0 Å². The standard InChI is InChI=1S/C24H37N3O2/c1-19-17-27(18-20(2)29-19)24(15-21-9-4-5-10-22(21)16-24)23(28)25(3)11-8-14-26-12-6-7-13-26/h4-5,9-10,19-20H,6-8,11-18H2,1-3H3/t19-,20+. The van der Waals surface area contributed by atoms with Gasteiger partial charge in [-0.25, -0.2) is 0 Å². The third-order valence-electron chi connectivity index (χ3n) is 7.02. The average molecular weight is 400 g/mol. The zero-order valence-corrected chi connectivity index (χ0v) is 18.4. The van der Waals surface area contributed by atoms with Gasteiger partial charge in [0.2, 0.25) is 5.91 Å². The summed E-state index contributed by atoms with van der Waals surface area (Å²) in [5.41, 5.74) is 2.20. The monoisotopic (exact) mass is 399 g/mol. The number of hydrogen-bond donors (Lipinski definition) is 0. The van der Waals surface area contributed by atoms with Crippen molar-refractivity contribution in [2.45, 2.75) is 63.7 Å². The van der Waals surface area contributed by atoms with Crippen LogP contribution in [0, 0.1) is 0 Å². The van der Waals surface area contributed by atoms with Gasteiger partial charge < -0.3 is 14.5 Å². The Hall–Kier alpha value is -1.43. The first-order valence-electron chi connectivity index (χ1n) is 11.4. The van der Waals surface area contributed by atoms with Crippen molar-refractivity contribution in [3.63, 3.8) is 0 Å². The van der Waals surface area contributed by atoms with Crippen molar-refractivity contribution >= 4 is 5.91 Å². The van der Waals surface area contributed by atoms with E-state index in [0.717, 1.165) is 45.4 Å². The molecule has 3 aliphatic rings. The molecule has 2 aliphatic heterocycles. The summed E-state index contributed by atoms with van der Waals surface area (Å²) in [4.78, 5) is 20.9. The Morgan fingerprint density at radius 1 is 1.10 bits per heavy atom. The number of fused-ring (bicyclic) bond motifs is 1. The molecule has 1 aromatic carbocycles. The van der Waals surface area contributed by atoms with Gasteiger partial charge in [0, 0.05) is 39.5 Å². The third kappa shape index (κ3) is 4.37. The maximum Gasteiger partial charge on any atom is 0.243 e. The predicted molar refractivity (Wildman–Crippen MR) is 116 cm³/mol. The van der Waals surface area contributed by atoms with Crippen LogP contribution >= 0.6 is 0 Å². The van der Waals surface area contributed by atoms with Crippen molar-refractivity contribution in [3.8, 4) is 0 Å². The Bertz CT molecular complexity index is 681. The van der Waals surface area contributed by atoms with Gasteiger partial charge in [-0.3, -0.25) is 9.69 Å². The molecular formula is C24H37N3O2. The molecule has 1 amide bonds. The smallest absolute Gasteiger partial charge is 0.243 e. The van der Waals surface area contributed by atoms with Crippen molar-refractivity contribution in [2.75, 3.05) is 46.3 Å². The molecule has 0 unspecified atom stereocenters. The number of likely N-dealkylation sites (tertiary alicyclic amines) is 1. The van der Waals surface area contributed by atoms with Crippen LogP contribution in [0.25, 0.3) is 0 Å². The Balaban J connectivity index is 1.50. The van der Waals surface area contributed by atoms with E-state index in [4.69, 9.17) is 4.74 Å². The second kappa shape index (κ2) is 8.75. The minimum atomic E-state index is -0.460. The highest BCUT2D eigenvalue weighted by atomic mass is 16.5. The van der Waals surface area contributed by atoms with Gasteiger partial charge in [-0.1, -0.05) is 24.3 Å². The normalized spacial score (nSPS) is 27.1. The quantitative estimate of drug-likeness (QED) is 0.737. The van der Waals surface area contributed by atoms with Crippen molar-refractivity contribution in [1.82, 2.24) is 14.7 Å². The van der Waals surface area contributed by atoms with Crippen LogP contribution in [0.5, 0.6) is 0 Å². The average Bonchev–Trinajstić information content (AvgIpc) is 3.34. The molecule has 0 aromatic heterocycles. The summed E-state index contributed by atoms with van der Waals surface area (Å²) in [6.07, 6.45) is 5.66. The van der Waals surface area contributed by atoms with Gasteiger partial charge >= 0.3 is 0 Å². The Morgan fingerprint density at radius 3 is 2.28 bits per heavy atom. The van der Waals surface area contributed by atoms with Crippen LogP contribution in [0.1, 0.15) is 44.2 Å². The summed E-state index contributed by atoms with van der Waals surface area (Å²) < 4.78 is 5.99. The van der Waals surface area contributed by atoms with E-state index in [1.54, 1.807) is 0 Å². The number of likely N-dealkylation sites (N-methyl/N-ethyl adjacent to an activating group) is 1. The van der Waals surface area contributed by atoms with E-state index in [2.05, 4.69) is 47.9 Å². The minimum Gasteiger partial charge on any atom is -0.373 e. The summed E-state index contributed by atoms with van der Waals surface area (Å²) in [7, 11) is 2.00. The topological polar surface area (TPSA) is 36.0 Å². The van der Waals surface area contributed by atoms with Crippen LogP contribution in [0.2, 0.25) is 0 Å². The highest BCUT2D eigenvalue weighted by molar-refractivity contribution is 5.88. The number of benzene rings is 1. The van der Waals surface area contributed by atoms with E-state index < -0.39 is 5.54 Å². The number of nitrogens with zero attached hydrogens (tertiary/aromatic N) is 3. The lowest BCUT2D eigenvalue weighted by atomic mass is 9.89. The molecule has 0 bridgehead atoms. The minimum absolute atomic E-state index is 0.160. The lowest BCUT2D eigenvalue weighted by molar-refractivity contribution is -0.153. The number of ether oxygens (including phenoxy) is 1. The molecule has 1 aliphatic carbocycles. The molecule has 2 fully saturated rings. The first-order valence-corrected chi connectivity index (χ1v) is 11.4. The number of rotatable bonds is 6. The Labute approximate surface area is 176 Å². The maximum absolute atomic E-state index is 13.9. The van der Waals surface area contributed by atoms with Crippen molar-refractivity contribution < 1.29 is 9.53 Å². The van der Waals surface area contributed by atoms with Gasteiger partial charge in [0.15, 0.2) is 0 Å². The molecule has 0 radical (unpaired) electrons. The zero-order valence-electron chi connectivity index (χ0n) is 18.4. The van der Waals surface area contributed by atoms with Gasteiger partial charge in [-0.05, 0) is 63.9 Å². The Morgan fingerprint density at radius 2 is 1.69 bits per heavy atom. The highest BCUT2D eigenvalue weighted by Crippen LogP contribution is 2.37. The van der Waals surface area contributed by atoms with Gasteiger partial charge in [-0.15, -0.1) is 0 Å². The summed E-state index contributed by atoms with van der Waals surface area (Å²) in [5, 5.41) is 0. The third-order valence-corrected chi connectivity index (χ3v) is 7.02. The van der Waals surface area contributed by atoms with E-state index in [-0.39, 0.29) is 18.1 Å². The van der Waals surface area contributed by atoms with E-state index >= 15 is 0 Å². The van der Waals surface area contributed by atoms with Crippen molar-refractivity contribution in [2.24, 2.45) is 0 Å². The molecule has 2 heterocycles. The summed E-state index contributed by atoms with van der Waals surface area (Å²) in [5.74, 6) is 0.288. The molecule has 4 rings (SSSR count).